The third-order valence-electron chi connectivity index (χ3n) is 5.80. The third kappa shape index (κ3) is 4.59. The van der Waals surface area contributed by atoms with Gasteiger partial charge in [-0.2, -0.15) is 0 Å². The number of rotatable bonds is 6. The van der Waals surface area contributed by atoms with Gasteiger partial charge in [0.15, 0.2) is 0 Å². The fourth-order valence-electron chi connectivity index (χ4n) is 4.26. The highest BCUT2D eigenvalue weighted by atomic mass is 32.2. The lowest BCUT2D eigenvalue weighted by Crippen LogP contribution is -2.44. The van der Waals surface area contributed by atoms with E-state index >= 15 is 0 Å². The minimum absolute atomic E-state index is 0.221. The normalized spacial score (nSPS) is 22.2. The second kappa shape index (κ2) is 8.27. The molecule has 0 aliphatic heterocycles. The molecule has 0 N–H and O–H groups in total. The molecule has 0 spiro atoms. The van der Waals surface area contributed by atoms with Crippen molar-refractivity contribution in [2.75, 3.05) is 5.75 Å². The van der Waals surface area contributed by atoms with Crippen LogP contribution < -0.4 is 0 Å². The highest BCUT2D eigenvalue weighted by molar-refractivity contribution is 7.99. The molecule has 2 aliphatic carbocycles. The van der Waals surface area contributed by atoms with E-state index in [-0.39, 0.29) is 5.91 Å². The summed E-state index contributed by atoms with van der Waals surface area (Å²) in [6.45, 7) is 6.43. The van der Waals surface area contributed by atoms with E-state index in [2.05, 4.69) is 41.9 Å². The van der Waals surface area contributed by atoms with Crippen molar-refractivity contribution < 1.29 is 9.21 Å². The largest absolute Gasteiger partial charge is 0.411 e. The van der Waals surface area contributed by atoms with E-state index in [1.54, 1.807) is 0 Å². The van der Waals surface area contributed by atoms with Gasteiger partial charge >= 0.3 is 0 Å². The van der Waals surface area contributed by atoms with Crippen molar-refractivity contribution in [3.63, 3.8) is 0 Å². The Bertz CT molecular complexity index is 818. The predicted molar refractivity (Wildman–Crippen MR) is 111 cm³/mol. The minimum atomic E-state index is 0.221. The summed E-state index contributed by atoms with van der Waals surface area (Å²) in [5.74, 6) is 1.90. The molecule has 1 amide bonds. The summed E-state index contributed by atoms with van der Waals surface area (Å²) in [7, 11) is 0. The molecule has 0 atom stereocenters. The number of aryl methyl sites for hydroxylation is 2. The maximum absolute atomic E-state index is 13.0. The molecule has 4 rings (SSSR count). The Morgan fingerprint density at radius 1 is 1.04 bits per heavy atom. The van der Waals surface area contributed by atoms with Crippen molar-refractivity contribution >= 4 is 17.7 Å². The van der Waals surface area contributed by atoms with E-state index in [9.17, 15) is 4.79 Å². The Morgan fingerprint density at radius 2 is 1.64 bits per heavy atom. The van der Waals surface area contributed by atoms with Gasteiger partial charge in [0.25, 0.3) is 5.22 Å². The van der Waals surface area contributed by atoms with Gasteiger partial charge in [0.1, 0.15) is 0 Å². The summed E-state index contributed by atoms with van der Waals surface area (Å²) in [6.07, 6.45) is 7.06. The zero-order chi connectivity index (χ0) is 19.7. The summed E-state index contributed by atoms with van der Waals surface area (Å²) in [5.41, 5.74) is 3.26. The molecule has 2 aromatic rings. The molecule has 28 heavy (non-hydrogen) atoms. The number of nitrogens with zero attached hydrogens (tertiary/aromatic N) is 3. The van der Waals surface area contributed by atoms with Crippen LogP contribution in [0.1, 0.15) is 56.6 Å². The van der Waals surface area contributed by atoms with Gasteiger partial charge in [0.2, 0.25) is 11.8 Å². The number of hydrogen-bond donors (Lipinski definition) is 0. The molecule has 1 aromatic carbocycles. The minimum Gasteiger partial charge on any atom is -0.411 e. The number of hydrogen-bond acceptors (Lipinski definition) is 5. The Morgan fingerprint density at radius 3 is 2.25 bits per heavy atom. The molecule has 2 fully saturated rings. The summed E-state index contributed by atoms with van der Waals surface area (Å²) in [6, 6.07) is 7.08. The molecule has 150 valence electrons. The van der Waals surface area contributed by atoms with E-state index in [1.165, 1.54) is 35.7 Å². The number of carbonyl (C=O) groups excluding carboxylic acids is 1. The van der Waals surface area contributed by atoms with Crippen LogP contribution in [0.3, 0.4) is 0 Å². The molecular formula is C22H29N3O2S. The van der Waals surface area contributed by atoms with Crippen molar-refractivity contribution in [2.45, 2.75) is 76.6 Å². The van der Waals surface area contributed by atoms with Crippen LogP contribution in [0.5, 0.6) is 0 Å². The Hall–Kier alpha value is -1.82. The fraction of sp³-hybridized carbons (Fsp3) is 0.591. The van der Waals surface area contributed by atoms with Crippen LogP contribution in [0.2, 0.25) is 0 Å². The van der Waals surface area contributed by atoms with Gasteiger partial charge in [0.05, 0.1) is 5.75 Å². The number of amides is 1. The molecule has 0 saturated heterocycles. The van der Waals surface area contributed by atoms with Crippen LogP contribution >= 0.6 is 11.8 Å². The Kier molecular flexibility index (Phi) is 5.76. The predicted octanol–water partition coefficient (Wildman–Crippen LogP) is 5.02. The number of benzene rings is 1. The average Bonchev–Trinajstić information content (AvgIpc) is 3.37. The monoisotopic (exact) mass is 399 g/mol. The summed E-state index contributed by atoms with van der Waals surface area (Å²) in [5, 5.41) is 8.78. The molecule has 5 nitrogen and oxygen atoms in total. The summed E-state index contributed by atoms with van der Waals surface area (Å²) < 4.78 is 5.82. The first kappa shape index (κ1) is 19.5. The van der Waals surface area contributed by atoms with Crippen LogP contribution in [0.15, 0.2) is 27.8 Å². The standard InChI is InChI=1S/C22H29N3O2S/c1-14-4-6-18(7-5-14)25(19-8-9-19)20(26)13-28-22-24-23-21(27-22)17-11-15(2)10-16(3)12-17/h10-12,14,18-19H,4-9,13H2,1-3H3. The first-order valence-electron chi connectivity index (χ1n) is 10.4. The topological polar surface area (TPSA) is 59.2 Å². The van der Waals surface area contributed by atoms with Gasteiger partial charge in [-0.3, -0.25) is 4.79 Å². The lowest BCUT2D eigenvalue weighted by Gasteiger charge is -2.36. The van der Waals surface area contributed by atoms with Gasteiger partial charge < -0.3 is 9.32 Å². The zero-order valence-electron chi connectivity index (χ0n) is 17.0. The smallest absolute Gasteiger partial charge is 0.277 e. The third-order valence-corrected chi connectivity index (χ3v) is 6.60. The van der Waals surface area contributed by atoms with Crippen molar-refractivity contribution in [2.24, 2.45) is 5.92 Å². The van der Waals surface area contributed by atoms with Crippen molar-refractivity contribution in [3.8, 4) is 11.5 Å². The molecule has 6 heteroatoms. The maximum atomic E-state index is 13.0. The molecule has 2 aliphatic rings. The van der Waals surface area contributed by atoms with E-state index in [4.69, 9.17) is 4.42 Å². The van der Waals surface area contributed by atoms with Gasteiger partial charge in [-0.1, -0.05) is 35.9 Å². The summed E-state index contributed by atoms with van der Waals surface area (Å²) in [4.78, 5) is 15.1. The quantitative estimate of drug-likeness (QED) is 0.639. The second-order valence-electron chi connectivity index (χ2n) is 8.48. The van der Waals surface area contributed by atoms with Crippen LogP contribution in [-0.2, 0) is 4.79 Å². The highest BCUT2D eigenvalue weighted by Gasteiger charge is 2.38. The van der Waals surface area contributed by atoms with E-state index in [1.807, 2.05) is 12.1 Å². The van der Waals surface area contributed by atoms with Crippen molar-refractivity contribution in [3.05, 3.63) is 29.3 Å². The molecule has 0 bridgehead atoms. The number of thioether (sulfide) groups is 1. The number of aromatic nitrogens is 2. The van der Waals surface area contributed by atoms with Gasteiger partial charge in [0, 0.05) is 17.6 Å². The SMILES string of the molecule is Cc1cc(C)cc(-c2nnc(SCC(=O)N(C3CCC(C)CC3)C3CC3)o2)c1. The van der Waals surface area contributed by atoms with Crippen molar-refractivity contribution in [1.29, 1.82) is 0 Å². The number of carbonyl (C=O) groups is 1. The Labute approximate surface area is 171 Å². The molecular weight excluding hydrogens is 370 g/mol. The molecule has 0 radical (unpaired) electrons. The van der Waals surface area contributed by atoms with E-state index in [0.717, 1.165) is 37.2 Å². The van der Waals surface area contributed by atoms with Crippen LogP contribution in [0, 0.1) is 19.8 Å². The lowest BCUT2D eigenvalue weighted by molar-refractivity contribution is -0.132. The van der Waals surface area contributed by atoms with Gasteiger partial charge in [-0.05, 0) is 70.4 Å². The maximum Gasteiger partial charge on any atom is 0.277 e. The first-order chi connectivity index (χ1) is 13.5. The van der Waals surface area contributed by atoms with Crippen LogP contribution in [-0.4, -0.2) is 38.8 Å². The van der Waals surface area contributed by atoms with Crippen molar-refractivity contribution in [1.82, 2.24) is 15.1 Å². The van der Waals surface area contributed by atoms with E-state index < -0.39 is 0 Å². The molecule has 1 heterocycles. The highest BCUT2D eigenvalue weighted by Crippen LogP contribution is 2.36. The molecule has 0 unspecified atom stereocenters. The van der Waals surface area contributed by atoms with E-state index in [0.29, 0.717) is 29.0 Å². The lowest BCUT2D eigenvalue weighted by atomic mass is 9.86. The Balaban J connectivity index is 1.38. The van der Waals surface area contributed by atoms with Crippen LogP contribution in [0.4, 0.5) is 0 Å². The van der Waals surface area contributed by atoms with Crippen LogP contribution in [0.25, 0.3) is 11.5 Å². The molecule has 2 saturated carbocycles. The second-order valence-corrected chi connectivity index (χ2v) is 9.41. The molecule has 1 aromatic heterocycles. The zero-order valence-corrected chi connectivity index (χ0v) is 17.8. The first-order valence-corrected chi connectivity index (χ1v) is 11.3. The van der Waals surface area contributed by atoms with Gasteiger partial charge in [-0.15, -0.1) is 10.2 Å². The fourth-order valence-corrected chi connectivity index (χ4v) is 4.89. The average molecular weight is 400 g/mol. The summed E-state index contributed by atoms with van der Waals surface area (Å²) >= 11 is 1.36. The van der Waals surface area contributed by atoms with Gasteiger partial charge in [-0.25, -0.2) is 0 Å².